The number of carbonyl (C=O) groups excluding carboxylic acids is 2. The summed E-state index contributed by atoms with van der Waals surface area (Å²) < 4.78 is 27.8. The lowest BCUT2D eigenvalue weighted by Crippen LogP contribution is -2.42. The lowest BCUT2D eigenvalue weighted by Gasteiger charge is -2.29. The fourth-order valence-electron chi connectivity index (χ4n) is 4.45. The van der Waals surface area contributed by atoms with Gasteiger partial charge in [-0.15, -0.1) is 0 Å². The molecule has 0 spiro atoms. The zero-order chi connectivity index (χ0) is 21.2. The van der Waals surface area contributed by atoms with E-state index in [1.54, 1.807) is 17.0 Å². The third-order valence-electron chi connectivity index (χ3n) is 6.02. The van der Waals surface area contributed by atoms with Crippen molar-refractivity contribution in [2.75, 3.05) is 11.4 Å². The summed E-state index contributed by atoms with van der Waals surface area (Å²) in [5.74, 6) is 0.294. The van der Waals surface area contributed by atoms with E-state index in [1.807, 2.05) is 6.92 Å². The number of hydrogen-bond acceptors (Lipinski definition) is 4. The lowest BCUT2D eigenvalue weighted by molar-refractivity contribution is -0.122. The van der Waals surface area contributed by atoms with Crippen LogP contribution in [0.4, 0.5) is 5.69 Å². The van der Waals surface area contributed by atoms with Gasteiger partial charge in [-0.25, -0.2) is 13.1 Å². The summed E-state index contributed by atoms with van der Waals surface area (Å²) in [5, 5.41) is 3.04. The van der Waals surface area contributed by atoms with Gasteiger partial charge in [0.05, 0.1) is 4.90 Å². The first-order valence-electron chi connectivity index (χ1n) is 10.4. The number of hydrogen-bond donors (Lipinski definition) is 2. The smallest absolute Gasteiger partial charge is 0.240 e. The van der Waals surface area contributed by atoms with Gasteiger partial charge in [-0.05, 0) is 55.9 Å². The van der Waals surface area contributed by atoms with Crippen molar-refractivity contribution in [2.45, 2.75) is 76.3 Å². The standard InChI is InChI=1S/C21H31N3O4S/c1-14-6-4-5-7-19(14)23-21(26)10-11-22-29(27,28)18-8-9-20-17(13-18)12-15(2)24(20)16(3)25/h8-9,13-15,19,22H,4-7,10-12H2,1-3H3,(H,23,26)/t14-,15-,19+/m0/s1. The van der Waals surface area contributed by atoms with Crippen LogP contribution < -0.4 is 14.9 Å². The zero-order valence-electron chi connectivity index (χ0n) is 17.4. The second-order valence-electron chi connectivity index (χ2n) is 8.32. The molecule has 1 aliphatic heterocycles. The Morgan fingerprint density at radius 2 is 1.90 bits per heavy atom. The summed E-state index contributed by atoms with van der Waals surface area (Å²) in [4.78, 5) is 25.9. The van der Waals surface area contributed by atoms with Gasteiger partial charge in [0.1, 0.15) is 0 Å². The SMILES string of the molecule is CC(=O)N1c2ccc(S(=O)(=O)NCCC(=O)N[C@@H]3CCCC[C@@H]3C)cc2C[C@@H]1C. The first-order valence-corrected chi connectivity index (χ1v) is 11.9. The Hall–Kier alpha value is -1.93. The van der Waals surface area contributed by atoms with Crippen molar-refractivity contribution in [1.82, 2.24) is 10.0 Å². The van der Waals surface area contributed by atoms with Crippen molar-refractivity contribution < 1.29 is 18.0 Å². The van der Waals surface area contributed by atoms with E-state index < -0.39 is 10.0 Å². The van der Waals surface area contributed by atoms with Crippen LogP contribution in [0.15, 0.2) is 23.1 Å². The van der Waals surface area contributed by atoms with Gasteiger partial charge in [0, 0.05) is 37.7 Å². The van der Waals surface area contributed by atoms with Gasteiger partial charge in [-0.3, -0.25) is 9.59 Å². The minimum Gasteiger partial charge on any atom is -0.353 e. The summed E-state index contributed by atoms with van der Waals surface area (Å²) in [6.45, 7) is 5.66. The number of benzene rings is 1. The van der Waals surface area contributed by atoms with Crippen LogP contribution in [-0.2, 0) is 26.0 Å². The van der Waals surface area contributed by atoms with Gasteiger partial charge in [-0.1, -0.05) is 19.8 Å². The molecule has 0 unspecified atom stereocenters. The highest BCUT2D eigenvalue weighted by Crippen LogP contribution is 2.33. The molecule has 160 valence electrons. The summed E-state index contributed by atoms with van der Waals surface area (Å²) in [6, 6.07) is 5.03. The number of sulfonamides is 1. The predicted molar refractivity (Wildman–Crippen MR) is 112 cm³/mol. The number of fused-ring (bicyclic) bond motifs is 1. The summed E-state index contributed by atoms with van der Waals surface area (Å²) in [5.41, 5.74) is 1.62. The molecule has 2 N–H and O–H groups in total. The molecule has 1 aromatic carbocycles. The van der Waals surface area contributed by atoms with E-state index in [2.05, 4.69) is 17.0 Å². The normalized spacial score (nSPS) is 24.2. The molecule has 1 aliphatic carbocycles. The molecule has 8 heteroatoms. The minimum atomic E-state index is -3.71. The number of rotatable bonds is 6. The molecule has 7 nitrogen and oxygen atoms in total. The Balaban J connectivity index is 1.57. The van der Waals surface area contributed by atoms with Crippen molar-refractivity contribution in [2.24, 2.45) is 5.92 Å². The maximum Gasteiger partial charge on any atom is 0.240 e. The maximum absolute atomic E-state index is 12.6. The van der Waals surface area contributed by atoms with Crippen LogP contribution in [-0.4, -0.2) is 38.9 Å². The third kappa shape index (κ3) is 4.98. The van der Waals surface area contributed by atoms with Crippen molar-refractivity contribution in [3.8, 4) is 0 Å². The third-order valence-corrected chi connectivity index (χ3v) is 7.48. The van der Waals surface area contributed by atoms with Gasteiger partial charge in [-0.2, -0.15) is 0 Å². The van der Waals surface area contributed by atoms with Gasteiger partial charge in [0.2, 0.25) is 21.8 Å². The predicted octanol–water partition coefficient (Wildman–Crippen LogP) is 2.35. The molecule has 1 heterocycles. The van der Waals surface area contributed by atoms with E-state index in [0.717, 1.165) is 30.5 Å². The molecule has 2 amide bonds. The molecule has 1 saturated carbocycles. The lowest BCUT2D eigenvalue weighted by atomic mass is 9.86. The van der Waals surface area contributed by atoms with Crippen LogP contribution in [0.5, 0.6) is 0 Å². The molecular weight excluding hydrogens is 390 g/mol. The van der Waals surface area contributed by atoms with Crippen molar-refractivity contribution in [1.29, 1.82) is 0 Å². The summed E-state index contributed by atoms with van der Waals surface area (Å²) >= 11 is 0. The van der Waals surface area contributed by atoms with Crippen molar-refractivity contribution in [3.05, 3.63) is 23.8 Å². The number of amides is 2. The van der Waals surface area contributed by atoms with Gasteiger partial charge in [0.15, 0.2) is 0 Å². The van der Waals surface area contributed by atoms with E-state index in [-0.39, 0.29) is 41.8 Å². The Bertz CT molecular complexity index is 884. The molecule has 29 heavy (non-hydrogen) atoms. The van der Waals surface area contributed by atoms with Crippen molar-refractivity contribution >= 4 is 27.5 Å². The Labute approximate surface area is 173 Å². The average Bonchev–Trinajstić information content (AvgIpc) is 2.98. The molecular formula is C21H31N3O4S. The van der Waals surface area contributed by atoms with Crippen LogP contribution in [0, 0.1) is 5.92 Å². The maximum atomic E-state index is 12.6. The summed E-state index contributed by atoms with van der Waals surface area (Å²) in [7, 11) is -3.71. The van der Waals surface area contributed by atoms with Crippen LogP contribution in [0.25, 0.3) is 0 Å². The molecule has 3 atom stereocenters. The fraction of sp³-hybridized carbons (Fsp3) is 0.619. The van der Waals surface area contributed by atoms with E-state index >= 15 is 0 Å². The highest BCUT2D eigenvalue weighted by molar-refractivity contribution is 7.89. The highest BCUT2D eigenvalue weighted by Gasteiger charge is 2.30. The van der Waals surface area contributed by atoms with Gasteiger partial charge < -0.3 is 10.2 Å². The topological polar surface area (TPSA) is 95.6 Å². The van der Waals surface area contributed by atoms with E-state index in [0.29, 0.717) is 12.3 Å². The molecule has 3 rings (SSSR count). The fourth-order valence-corrected chi connectivity index (χ4v) is 5.53. The van der Waals surface area contributed by atoms with Gasteiger partial charge >= 0.3 is 0 Å². The van der Waals surface area contributed by atoms with Crippen LogP contribution in [0.3, 0.4) is 0 Å². The number of nitrogens with one attached hydrogen (secondary N) is 2. The monoisotopic (exact) mass is 421 g/mol. The van der Waals surface area contributed by atoms with Crippen LogP contribution >= 0.6 is 0 Å². The first-order chi connectivity index (χ1) is 13.7. The zero-order valence-corrected chi connectivity index (χ0v) is 18.2. The average molecular weight is 422 g/mol. The number of anilines is 1. The molecule has 0 bridgehead atoms. The summed E-state index contributed by atoms with van der Waals surface area (Å²) in [6.07, 6.45) is 5.18. The van der Waals surface area contributed by atoms with Gasteiger partial charge in [0.25, 0.3) is 0 Å². The number of carbonyl (C=O) groups is 2. The molecule has 0 saturated heterocycles. The Morgan fingerprint density at radius 3 is 2.59 bits per heavy atom. The molecule has 1 fully saturated rings. The van der Waals surface area contributed by atoms with E-state index in [1.165, 1.54) is 19.4 Å². The minimum absolute atomic E-state index is 0.0132. The Morgan fingerprint density at radius 1 is 1.17 bits per heavy atom. The molecule has 2 aliphatic rings. The van der Waals surface area contributed by atoms with Crippen LogP contribution in [0.2, 0.25) is 0 Å². The largest absolute Gasteiger partial charge is 0.353 e. The first kappa shape index (κ1) is 21.8. The van der Waals surface area contributed by atoms with E-state index in [4.69, 9.17) is 0 Å². The highest BCUT2D eigenvalue weighted by atomic mass is 32.2. The molecule has 0 radical (unpaired) electrons. The van der Waals surface area contributed by atoms with Crippen LogP contribution in [0.1, 0.15) is 58.4 Å². The second kappa shape index (κ2) is 8.83. The second-order valence-corrected chi connectivity index (χ2v) is 10.1. The number of nitrogens with zero attached hydrogens (tertiary/aromatic N) is 1. The quantitative estimate of drug-likeness (QED) is 0.737. The molecule has 1 aromatic rings. The Kier molecular flexibility index (Phi) is 6.63. The molecule has 0 aromatic heterocycles. The van der Waals surface area contributed by atoms with E-state index in [9.17, 15) is 18.0 Å². The van der Waals surface area contributed by atoms with Crippen molar-refractivity contribution in [3.63, 3.8) is 0 Å².